The minimum atomic E-state index is 0.146. The third-order valence-corrected chi connectivity index (χ3v) is 8.17. The lowest BCUT2D eigenvalue weighted by Crippen LogP contribution is -2.35. The van der Waals surface area contributed by atoms with Crippen LogP contribution in [0.25, 0.3) is 0 Å². The summed E-state index contributed by atoms with van der Waals surface area (Å²) in [7, 11) is 0. The highest BCUT2D eigenvalue weighted by Gasteiger charge is 2.20. The van der Waals surface area contributed by atoms with Crippen LogP contribution >= 0.6 is 25.3 Å². The molecule has 2 aromatic rings. The van der Waals surface area contributed by atoms with E-state index in [9.17, 15) is 0 Å². The van der Waals surface area contributed by atoms with Crippen LogP contribution in [0.5, 0.6) is 0 Å². The van der Waals surface area contributed by atoms with Gasteiger partial charge in [-0.05, 0) is 51.8 Å². The first-order chi connectivity index (χ1) is 16.4. The zero-order valence-corrected chi connectivity index (χ0v) is 24.9. The van der Waals surface area contributed by atoms with Gasteiger partial charge >= 0.3 is 0 Å². The van der Waals surface area contributed by atoms with E-state index in [1.165, 1.54) is 22.3 Å². The van der Waals surface area contributed by atoms with E-state index in [-0.39, 0.29) is 10.8 Å². The first-order valence-electron chi connectivity index (χ1n) is 13.2. The van der Waals surface area contributed by atoms with Gasteiger partial charge in [0.15, 0.2) is 0 Å². The molecule has 1 saturated heterocycles. The second kappa shape index (κ2) is 12.0. The molecule has 1 fully saturated rings. The number of hydrogen-bond acceptors (Lipinski definition) is 5. The molecule has 0 N–H and O–H groups in total. The first kappa shape index (κ1) is 28.6. The van der Waals surface area contributed by atoms with E-state index >= 15 is 0 Å². The third-order valence-electron chi connectivity index (χ3n) is 7.34. The zero-order valence-electron chi connectivity index (χ0n) is 23.1. The quantitative estimate of drug-likeness (QED) is 0.442. The fourth-order valence-corrected chi connectivity index (χ4v) is 5.19. The van der Waals surface area contributed by atoms with Gasteiger partial charge in [-0.1, -0.05) is 72.7 Å². The van der Waals surface area contributed by atoms with Crippen LogP contribution in [0, 0.1) is 0 Å². The van der Waals surface area contributed by atoms with Crippen molar-refractivity contribution in [1.82, 2.24) is 14.7 Å². The number of hydrogen-bond donors (Lipinski definition) is 2. The Morgan fingerprint density at radius 1 is 0.600 bits per heavy atom. The summed E-state index contributed by atoms with van der Waals surface area (Å²) in [4.78, 5) is 10.0. The van der Waals surface area contributed by atoms with Crippen LogP contribution in [0.2, 0.25) is 0 Å². The SMILES string of the molecule is CCN1CCN(Cc2ccc(C(C)(C)C)cc2S)CCN(Cc2ccc(C(C)(C)C)cc2S)CC1. The van der Waals surface area contributed by atoms with Crippen LogP contribution in [0.15, 0.2) is 46.2 Å². The molecule has 1 heterocycles. The normalized spacial score (nSPS) is 17.7. The van der Waals surface area contributed by atoms with Gasteiger partial charge in [-0.3, -0.25) is 9.80 Å². The van der Waals surface area contributed by atoms with Gasteiger partial charge in [-0.15, -0.1) is 25.3 Å². The third kappa shape index (κ3) is 8.26. The maximum absolute atomic E-state index is 4.87. The monoisotopic (exact) mass is 513 g/mol. The summed E-state index contributed by atoms with van der Waals surface area (Å²) >= 11 is 9.74. The van der Waals surface area contributed by atoms with E-state index in [0.29, 0.717) is 0 Å². The summed E-state index contributed by atoms with van der Waals surface area (Å²) in [5.74, 6) is 0. The minimum Gasteiger partial charge on any atom is -0.301 e. The highest BCUT2D eigenvalue weighted by Crippen LogP contribution is 2.28. The van der Waals surface area contributed by atoms with Crippen LogP contribution in [-0.4, -0.2) is 60.5 Å². The lowest BCUT2D eigenvalue weighted by molar-refractivity contribution is 0.208. The predicted octanol–water partition coefficient (Wildman–Crippen LogP) is 6.50. The molecule has 1 aliphatic rings. The van der Waals surface area contributed by atoms with Crippen molar-refractivity contribution in [2.45, 2.75) is 82.2 Å². The van der Waals surface area contributed by atoms with Crippen LogP contribution in [0.1, 0.15) is 70.7 Å². The maximum atomic E-state index is 4.87. The largest absolute Gasteiger partial charge is 0.301 e. The van der Waals surface area contributed by atoms with Gasteiger partial charge in [0.25, 0.3) is 0 Å². The Balaban J connectivity index is 1.73. The molecule has 3 rings (SSSR count). The molecule has 1 aliphatic heterocycles. The Hall–Kier alpha value is -0.980. The summed E-state index contributed by atoms with van der Waals surface area (Å²) < 4.78 is 0. The maximum Gasteiger partial charge on any atom is 0.0245 e. The van der Waals surface area contributed by atoms with Crippen LogP contribution < -0.4 is 0 Å². The van der Waals surface area contributed by atoms with E-state index in [1.54, 1.807) is 0 Å². The lowest BCUT2D eigenvalue weighted by atomic mass is 9.86. The van der Waals surface area contributed by atoms with Gasteiger partial charge < -0.3 is 4.90 Å². The first-order valence-corrected chi connectivity index (χ1v) is 14.1. The zero-order chi connectivity index (χ0) is 25.8. The molecular weight excluding hydrogens is 466 g/mol. The average molecular weight is 514 g/mol. The molecule has 0 saturated carbocycles. The fourth-order valence-electron chi connectivity index (χ4n) is 4.63. The molecule has 0 radical (unpaired) electrons. The number of nitrogens with zero attached hydrogens (tertiary/aromatic N) is 3. The fraction of sp³-hybridized carbons (Fsp3) is 0.600. The molecule has 0 amide bonds. The predicted molar refractivity (Wildman–Crippen MR) is 157 cm³/mol. The Morgan fingerprint density at radius 3 is 1.23 bits per heavy atom. The molecule has 35 heavy (non-hydrogen) atoms. The second-order valence-corrected chi connectivity index (χ2v) is 13.1. The van der Waals surface area contributed by atoms with Gasteiger partial charge in [-0.25, -0.2) is 0 Å². The summed E-state index contributed by atoms with van der Waals surface area (Å²) in [6.07, 6.45) is 0. The summed E-state index contributed by atoms with van der Waals surface area (Å²) in [5, 5.41) is 0. The number of thiol groups is 2. The van der Waals surface area contributed by atoms with Gasteiger partial charge in [0.2, 0.25) is 0 Å². The summed E-state index contributed by atoms with van der Waals surface area (Å²) in [5.41, 5.74) is 5.63. The molecule has 3 nitrogen and oxygen atoms in total. The van der Waals surface area contributed by atoms with Crippen molar-refractivity contribution in [3.05, 3.63) is 58.7 Å². The van der Waals surface area contributed by atoms with Crippen molar-refractivity contribution in [1.29, 1.82) is 0 Å². The molecule has 0 bridgehead atoms. The van der Waals surface area contributed by atoms with E-state index < -0.39 is 0 Å². The second-order valence-electron chi connectivity index (χ2n) is 12.2. The Labute approximate surface area is 226 Å². The topological polar surface area (TPSA) is 9.72 Å². The van der Waals surface area contributed by atoms with Gasteiger partial charge in [0, 0.05) is 62.1 Å². The Bertz CT molecular complexity index is 897. The van der Waals surface area contributed by atoms with E-state index in [2.05, 4.69) is 99.6 Å². The molecule has 5 heteroatoms. The number of benzene rings is 2. The molecule has 194 valence electrons. The molecule has 0 spiro atoms. The Morgan fingerprint density at radius 2 is 0.943 bits per heavy atom. The minimum absolute atomic E-state index is 0.146. The highest BCUT2D eigenvalue weighted by molar-refractivity contribution is 7.80. The van der Waals surface area contributed by atoms with Crippen molar-refractivity contribution in [2.75, 3.05) is 45.8 Å². The Kier molecular flexibility index (Phi) is 9.84. The van der Waals surface area contributed by atoms with Crippen LogP contribution in [0.4, 0.5) is 0 Å². The van der Waals surface area contributed by atoms with Crippen LogP contribution in [0.3, 0.4) is 0 Å². The van der Waals surface area contributed by atoms with Gasteiger partial charge in [-0.2, -0.15) is 0 Å². The number of rotatable bonds is 5. The lowest BCUT2D eigenvalue weighted by Gasteiger charge is -2.27. The molecule has 0 atom stereocenters. The molecule has 0 aromatic heterocycles. The van der Waals surface area contributed by atoms with E-state index in [0.717, 1.165) is 68.7 Å². The van der Waals surface area contributed by atoms with Crippen molar-refractivity contribution in [2.24, 2.45) is 0 Å². The van der Waals surface area contributed by atoms with E-state index in [1.807, 2.05) is 0 Å². The van der Waals surface area contributed by atoms with Crippen molar-refractivity contribution < 1.29 is 0 Å². The van der Waals surface area contributed by atoms with Crippen molar-refractivity contribution in [3.8, 4) is 0 Å². The van der Waals surface area contributed by atoms with Crippen molar-refractivity contribution >= 4 is 25.3 Å². The van der Waals surface area contributed by atoms with Gasteiger partial charge in [0.1, 0.15) is 0 Å². The van der Waals surface area contributed by atoms with Crippen molar-refractivity contribution in [3.63, 3.8) is 0 Å². The number of likely N-dealkylation sites (N-methyl/N-ethyl adjacent to an activating group) is 1. The molecule has 0 aliphatic carbocycles. The standard InChI is InChI=1S/C30H47N3S2/c1-8-31-13-15-32(21-23-9-11-25(19-27(23)34)29(2,3)4)17-18-33(16-14-31)22-24-10-12-26(20-28(24)35)30(5,6)7/h9-12,19-20,34-35H,8,13-18,21-22H2,1-7H3. The van der Waals surface area contributed by atoms with E-state index in [4.69, 9.17) is 25.3 Å². The smallest absolute Gasteiger partial charge is 0.0245 e. The average Bonchev–Trinajstić information content (AvgIpc) is 2.86. The summed E-state index contributed by atoms with van der Waals surface area (Å²) in [6.45, 7) is 25.4. The molecular formula is C30H47N3S2. The molecule has 2 aromatic carbocycles. The van der Waals surface area contributed by atoms with Crippen LogP contribution in [-0.2, 0) is 23.9 Å². The van der Waals surface area contributed by atoms with Gasteiger partial charge in [0.05, 0.1) is 0 Å². The molecule has 0 unspecified atom stereocenters. The summed E-state index contributed by atoms with van der Waals surface area (Å²) in [6, 6.07) is 13.7. The highest BCUT2D eigenvalue weighted by atomic mass is 32.1.